The Kier molecular flexibility index (Phi) is 3.23. The van der Waals surface area contributed by atoms with Crippen LogP contribution in [-0.2, 0) is 15.3 Å². The Balaban J connectivity index is 1.49. The average Bonchev–Trinajstić information content (AvgIpc) is 2.66. The zero-order valence-corrected chi connectivity index (χ0v) is 12.8. The molecular formula is C17H22O2S. The highest BCUT2D eigenvalue weighted by molar-refractivity contribution is 7.80. The number of fused-ring (bicyclic) bond motifs is 2. The molecule has 0 radical (unpaired) electrons. The molecule has 20 heavy (non-hydrogen) atoms. The van der Waals surface area contributed by atoms with Gasteiger partial charge in [-0.1, -0.05) is 17.7 Å². The van der Waals surface area contributed by atoms with Crippen LogP contribution < -0.4 is 0 Å². The van der Waals surface area contributed by atoms with Crippen LogP contribution in [0.15, 0.2) is 29.2 Å². The van der Waals surface area contributed by atoms with Gasteiger partial charge in [-0.05, 0) is 74.8 Å². The molecule has 3 heteroatoms. The fraction of sp³-hybridized carbons (Fsp3) is 0.647. The Labute approximate surface area is 123 Å². The second-order valence-electron chi connectivity index (χ2n) is 7.02. The lowest BCUT2D eigenvalue weighted by atomic mass is 9.71. The minimum absolute atomic E-state index is 0.230. The quantitative estimate of drug-likeness (QED) is 0.845. The molecule has 0 amide bonds. The molecule has 0 N–H and O–H groups in total. The first-order chi connectivity index (χ1) is 9.69. The summed E-state index contributed by atoms with van der Waals surface area (Å²) in [7, 11) is 0. The first-order valence-corrected chi connectivity index (χ1v) is 8.92. The summed E-state index contributed by atoms with van der Waals surface area (Å²) in [5.41, 5.74) is 1.19. The maximum Gasteiger partial charge on any atom is 0.189 e. The highest BCUT2D eigenvalue weighted by Crippen LogP contribution is 2.56. The van der Waals surface area contributed by atoms with Gasteiger partial charge in [0, 0.05) is 0 Å². The summed E-state index contributed by atoms with van der Waals surface area (Å²) in [4.78, 5) is 0.808. The van der Waals surface area contributed by atoms with Gasteiger partial charge in [0.05, 0.1) is 11.0 Å². The van der Waals surface area contributed by atoms with Crippen LogP contribution in [0.1, 0.15) is 37.7 Å². The summed E-state index contributed by atoms with van der Waals surface area (Å²) in [5, 5.41) is 0. The Bertz CT molecular complexity index is 522. The first-order valence-electron chi connectivity index (χ1n) is 7.84. The molecule has 1 aromatic rings. The monoisotopic (exact) mass is 290 g/mol. The molecule has 0 saturated heterocycles. The van der Waals surface area contributed by atoms with Crippen molar-refractivity contribution in [2.45, 2.75) is 50.0 Å². The number of benzene rings is 1. The van der Waals surface area contributed by atoms with Crippen molar-refractivity contribution in [2.24, 2.45) is 23.7 Å². The van der Waals surface area contributed by atoms with Gasteiger partial charge in [0.25, 0.3) is 0 Å². The van der Waals surface area contributed by atoms with Gasteiger partial charge >= 0.3 is 0 Å². The summed E-state index contributed by atoms with van der Waals surface area (Å²) in [5.74, 6) is 3.29. The van der Waals surface area contributed by atoms with E-state index in [0.717, 1.165) is 29.1 Å². The van der Waals surface area contributed by atoms with Gasteiger partial charge < -0.3 is 0 Å². The molecule has 1 aromatic carbocycles. The van der Waals surface area contributed by atoms with Gasteiger partial charge in [-0.3, -0.25) is 4.18 Å². The van der Waals surface area contributed by atoms with Crippen molar-refractivity contribution in [1.82, 2.24) is 0 Å². The minimum Gasteiger partial charge on any atom is -0.283 e. The third kappa shape index (κ3) is 2.25. The van der Waals surface area contributed by atoms with E-state index in [-0.39, 0.29) is 6.10 Å². The van der Waals surface area contributed by atoms with Crippen LogP contribution in [0, 0.1) is 30.6 Å². The van der Waals surface area contributed by atoms with Gasteiger partial charge in [0.1, 0.15) is 0 Å². The van der Waals surface area contributed by atoms with Crippen molar-refractivity contribution in [3.05, 3.63) is 29.8 Å². The van der Waals surface area contributed by atoms with Crippen LogP contribution in [-0.4, -0.2) is 10.3 Å². The van der Waals surface area contributed by atoms with E-state index in [4.69, 9.17) is 4.18 Å². The molecule has 0 heterocycles. The highest BCUT2D eigenvalue weighted by Gasteiger charge is 2.49. The van der Waals surface area contributed by atoms with E-state index >= 15 is 0 Å². The summed E-state index contributed by atoms with van der Waals surface area (Å²) in [6, 6.07) is 7.88. The summed E-state index contributed by atoms with van der Waals surface area (Å²) >= 11 is -1.30. The summed E-state index contributed by atoms with van der Waals surface area (Å²) in [6.07, 6.45) is 6.88. The van der Waals surface area contributed by atoms with E-state index in [2.05, 4.69) is 0 Å². The standard InChI is InChI=1S/C17H22O2S/c1-11-2-4-15(5-3-11)20(18)19-17-10-13-6-12-7-14(8-13)16(17)9-12/h2-5,12-14,16-17H,6-10H2,1H3/t12-,13+,14-,16-,17-,20?/m0/s1. The third-order valence-corrected chi connectivity index (χ3v) is 6.70. The van der Waals surface area contributed by atoms with Gasteiger partial charge in [-0.2, -0.15) is 0 Å². The molecule has 0 aliphatic heterocycles. The van der Waals surface area contributed by atoms with E-state index in [1.54, 1.807) is 0 Å². The molecule has 2 nitrogen and oxygen atoms in total. The Morgan fingerprint density at radius 2 is 1.70 bits per heavy atom. The van der Waals surface area contributed by atoms with Crippen molar-refractivity contribution in [1.29, 1.82) is 0 Å². The molecule has 1 unspecified atom stereocenters. The van der Waals surface area contributed by atoms with Crippen LogP contribution in [0.25, 0.3) is 0 Å². The molecule has 4 rings (SSSR count). The van der Waals surface area contributed by atoms with Gasteiger partial charge in [-0.15, -0.1) is 0 Å². The van der Waals surface area contributed by atoms with Gasteiger partial charge in [0.15, 0.2) is 11.1 Å². The molecule has 3 saturated carbocycles. The zero-order valence-electron chi connectivity index (χ0n) is 12.0. The first kappa shape index (κ1) is 13.0. The van der Waals surface area contributed by atoms with Crippen LogP contribution in [0.5, 0.6) is 0 Å². The fourth-order valence-corrected chi connectivity index (χ4v) is 5.73. The van der Waals surface area contributed by atoms with Gasteiger partial charge in [0.2, 0.25) is 0 Å². The van der Waals surface area contributed by atoms with Crippen molar-refractivity contribution in [2.75, 3.05) is 0 Å². The predicted molar refractivity (Wildman–Crippen MR) is 79.5 cm³/mol. The molecule has 3 fully saturated rings. The molecule has 3 bridgehead atoms. The average molecular weight is 290 g/mol. The Morgan fingerprint density at radius 3 is 2.45 bits per heavy atom. The van der Waals surface area contributed by atoms with Crippen molar-refractivity contribution in [3.8, 4) is 0 Å². The van der Waals surface area contributed by atoms with E-state index in [9.17, 15) is 4.21 Å². The molecule has 0 spiro atoms. The SMILES string of the molecule is Cc1ccc(S(=O)O[C@H]2C[C@@H]3C[C@H]4C[C@@H](C3)[C@@H]2C4)cc1. The van der Waals surface area contributed by atoms with Crippen molar-refractivity contribution in [3.63, 3.8) is 0 Å². The van der Waals surface area contributed by atoms with Crippen LogP contribution in [0.4, 0.5) is 0 Å². The predicted octanol–water partition coefficient (Wildman–Crippen LogP) is 3.86. The highest BCUT2D eigenvalue weighted by atomic mass is 32.2. The van der Waals surface area contributed by atoms with E-state index in [1.165, 1.54) is 31.2 Å². The van der Waals surface area contributed by atoms with Crippen LogP contribution >= 0.6 is 0 Å². The number of hydrogen-bond donors (Lipinski definition) is 0. The lowest BCUT2D eigenvalue weighted by Gasteiger charge is -2.38. The van der Waals surface area contributed by atoms with E-state index in [1.807, 2.05) is 31.2 Å². The van der Waals surface area contributed by atoms with Crippen LogP contribution in [0.3, 0.4) is 0 Å². The molecular weight excluding hydrogens is 268 g/mol. The Hall–Kier alpha value is -0.670. The van der Waals surface area contributed by atoms with Crippen molar-refractivity contribution >= 4 is 11.1 Å². The normalized spacial score (nSPS) is 40.0. The Morgan fingerprint density at radius 1 is 1.00 bits per heavy atom. The number of rotatable bonds is 3. The second-order valence-corrected chi connectivity index (χ2v) is 8.15. The maximum atomic E-state index is 12.4. The fourth-order valence-electron chi connectivity index (χ4n) is 4.81. The zero-order chi connectivity index (χ0) is 13.7. The summed E-state index contributed by atoms with van der Waals surface area (Å²) in [6.45, 7) is 2.05. The lowest BCUT2D eigenvalue weighted by molar-refractivity contribution is 0.0474. The van der Waals surface area contributed by atoms with E-state index in [0.29, 0.717) is 5.92 Å². The number of hydrogen-bond acceptors (Lipinski definition) is 2. The second kappa shape index (κ2) is 4.96. The minimum atomic E-state index is -1.30. The molecule has 3 aliphatic carbocycles. The third-order valence-electron chi connectivity index (χ3n) is 5.62. The lowest BCUT2D eigenvalue weighted by Crippen LogP contribution is -2.36. The van der Waals surface area contributed by atoms with E-state index < -0.39 is 11.1 Å². The number of aryl methyl sites for hydroxylation is 1. The molecule has 6 atom stereocenters. The van der Waals surface area contributed by atoms with Crippen molar-refractivity contribution < 1.29 is 8.39 Å². The van der Waals surface area contributed by atoms with Gasteiger partial charge in [-0.25, -0.2) is 4.21 Å². The summed E-state index contributed by atoms with van der Waals surface area (Å²) < 4.78 is 18.4. The maximum absolute atomic E-state index is 12.4. The molecule has 3 aliphatic rings. The molecule has 0 aromatic heterocycles. The smallest absolute Gasteiger partial charge is 0.189 e. The van der Waals surface area contributed by atoms with Crippen LogP contribution in [0.2, 0.25) is 0 Å². The largest absolute Gasteiger partial charge is 0.283 e. The molecule has 108 valence electrons. The topological polar surface area (TPSA) is 26.3 Å².